The molecule has 1 unspecified atom stereocenters. The fourth-order valence-corrected chi connectivity index (χ4v) is 4.43. The number of piperidine rings is 1. The lowest BCUT2D eigenvalue weighted by Gasteiger charge is -2.40. The second-order valence-electron chi connectivity index (χ2n) is 7.98. The van der Waals surface area contributed by atoms with Crippen molar-refractivity contribution in [3.8, 4) is 11.1 Å². The Hall–Kier alpha value is -2.51. The number of aliphatic hydroxyl groups is 1. The fourth-order valence-electron chi connectivity index (χ4n) is 4.43. The molecule has 2 aromatic carbocycles. The molecule has 162 valence electrons. The first-order valence-corrected chi connectivity index (χ1v) is 10.3. The van der Waals surface area contributed by atoms with Crippen LogP contribution < -0.4 is 10.6 Å². The summed E-state index contributed by atoms with van der Waals surface area (Å²) < 4.78 is 29.1. The largest absolute Gasteiger partial charge is 0.465 e. The van der Waals surface area contributed by atoms with E-state index in [4.69, 9.17) is 5.11 Å². The van der Waals surface area contributed by atoms with Crippen molar-refractivity contribution in [1.82, 2.24) is 10.6 Å². The normalized spacial score (nSPS) is 18.6. The third-order valence-electron chi connectivity index (χ3n) is 5.79. The van der Waals surface area contributed by atoms with E-state index in [1.165, 1.54) is 18.2 Å². The molecule has 0 radical (unpaired) electrons. The van der Waals surface area contributed by atoms with Crippen LogP contribution in [0.25, 0.3) is 11.1 Å². The Bertz CT molecular complexity index is 880. The number of hydrogen-bond donors (Lipinski definition) is 4. The van der Waals surface area contributed by atoms with Crippen LogP contribution in [0.2, 0.25) is 0 Å². The number of nitrogens with one attached hydrogen (secondary N) is 2. The highest BCUT2D eigenvalue weighted by Gasteiger charge is 2.40. The lowest BCUT2D eigenvalue weighted by atomic mass is 9.72. The predicted octanol–water partition coefficient (Wildman–Crippen LogP) is 4.18. The van der Waals surface area contributed by atoms with Gasteiger partial charge in [0.15, 0.2) is 0 Å². The Labute approximate surface area is 175 Å². The summed E-state index contributed by atoms with van der Waals surface area (Å²) in [5.74, 6) is -1.16. The van der Waals surface area contributed by atoms with Crippen LogP contribution in [0.5, 0.6) is 0 Å². The quantitative estimate of drug-likeness (QED) is 0.509. The van der Waals surface area contributed by atoms with Crippen LogP contribution >= 0.6 is 0 Å². The number of rotatable bonds is 7. The minimum absolute atomic E-state index is 0.175. The van der Waals surface area contributed by atoms with E-state index in [1.807, 2.05) is 0 Å². The minimum Gasteiger partial charge on any atom is -0.465 e. The van der Waals surface area contributed by atoms with Gasteiger partial charge in [0, 0.05) is 24.6 Å². The zero-order chi connectivity index (χ0) is 21.7. The Morgan fingerprint density at radius 3 is 2.77 bits per heavy atom. The Morgan fingerprint density at radius 1 is 1.30 bits per heavy atom. The standard InChI is InChI=1S/C23H28F2N2O3/c1-15-11-16(13-18(24)12-15)21-19(6-2-7-20(21)25)23(30,8-4-10-27-22(28)29)17-5-3-9-26-14-17/h2,6-7,11-13,17,26-27,30H,3-5,8-10,14H2,1H3,(H,28,29)/t17-,23?/m1/s1. The van der Waals surface area contributed by atoms with E-state index in [-0.39, 0.29) is 24.4 Å². The molecule has 7 heteroatoms. The minimum atomic E-state index is -1.38. The van der Waals surface area contributed by atoms with Gasteiger partial charge in [-0.05, 0) is 74.0 Å². The molecule has 30 heavy (non-hydrogen) atoms. The molecule has 5 nitrogen and oxygen atoms in total. The van der Waals surface area contributed by atoms with Gasteiger partial charge in [-0.25, -0.2) is 13.6 Å². The van der Waals surface area contributed by atoms with E-state index in [0.717, 1.165) is 19.4 Å². The molecule has 0 saturated carbocycles. The van der Waals surface area contributed by atoms with Gasteiger partial charge >= 0.3 is 6.09 Å². The lowest BCUT2D eigenvalue weighted by Crippen LogP contribution is -2.45. The van der Waals surface area contributed by atoms with Crippen LogP contribution in [0.4, 0.5) is 13.6 Å². The molecule has 1 heterocycles. The summed E-state index contributed by atoms with van der Waals surface area (Å²) in [6.45, 7) is 3.34. The van der Waals surface area contributed by atoms with Gasteiger partial charge in [-0.3, -0.25) is 0 Å². The summed E-state index contributed by atoms with van der Waals surface area (Å²) in [7, 11) is 0. The van der Waals surface area contributed by atoms with Crippen molar-refractivity contribution in [3.63, 3.8) is 0 Å². The maximum Gasteiger partial charge on any atom is 0.404 e. The van der Waals surface area contributed by atoms with Crippen molar-refractivity contribution in [2.75, 3.05) is 19.6 Å². The van der Waals surface area contributed by atoms with Crippen molar-refractivity contribution in [2.45, 2.75) is 38.2 Å². The second kappa shape index (κ2) is 9.53. The first kappa shape index (κ1) is 22.2. The molecule has 4 N–H and O–H groups in total. The molecule has 1 aliphatic rings. The third-order valence-corrected chi connectivity index (χ3v) is 5.79. The molecule has 1 aliphatic heterocycles. The summed E-state index contributed by atoms with van der Waals surface area (Å²) in [5.41, 5.74) is 0.265. The van der Waals surface area contributed by atoms with Gasteiger partial charge in [-0.15, -0.1) is 0 Å². The van der Waals surface area contributed by atoms with Gasteiger partial charge in [0.1, 0.15) is 11.6 Å². The van der Waals surface area contributed by atoms with Crippen LogP contribution in [-0.2, 0) is 5.60 Å². The predicted molar refractivity (Wildman–Crippen MR) is 111 cm³/mol. The topological polar surface area (TPSA) is 81.6 Å². The van der Waals surface area contributed by atoms with Crippen molar-refractivity contribution in [3.05, 3.63) is 59.2 Å². The summed E-state index contributed by atoms with van der Waals surface area (Å²) >= 11 is 0. The maximum absolute atomic E-state index is 15.1. The van der Waals surface area contributed by atoms with E-state index in [0.29, 0.717) is 29.7 Å². The molecule has 0 aliphatic carbocycles. The van der Waals surface area contributed by atoms with Crippen LogP contribution in [0.3, 0.4) is 0 Å². The number of carboxylic acid groups (broad SMARTS) is 1. The molecular formula is C23H28F2N2O3. The van der Waals surface area contributed by atoms with E-state index in [9.17, 15) is 14.3 Å². The van der Waals surface area contributed by atoms with Gasteiger partial charge in [0.2, 0.25) is 0 Å². The summed E-state index contributed by atoms with van der Waals surface area (Å²) in [5, 5.41) is 26.3. The maximum atomic E-state index is 15.1. The molecule has 1 fully saturated rings. The first-order valence-electron chi connectivity index (χ1n) is 10.3. The van der Waals surface area contributed by atoms with Gasteiger partial charge < -0.3 is 20.8 Å². The molecule has 0 aromatic heterocycles. The van der Waals surface area contributed by atoms with Gasteiger partial charge in [-0.1, -0.05) is 18.2 Å². The molecule has 1 amide bonds. The highest BCUT2D eigenvalue weighted by atomic mass is 19.1. The number of amides is 1. The molecule has 3 rings (SSSR count). The SMILES string of the molecule is Cc1cc(F)cc(-c2c(F)cccc2C(O)(CCCNC(=O)O)[C@@H]2CCCNC2)c1. The number of benzene rings is 2. The Balaban J connectivity index is 2.06. The van der Waals surface area contributed by atoms with Crippen LogP contribution in [0, 0.1) is 24.5 Å². The Morgan fingerprint density at radius 2 is 2.10 bits per heavy atom. The smallest absolute Gasteiger partial charge is 0.404 e. The van der Waals surface area contributed by atoms with Crippen LogP contribution in [0.15, 0.2) is 36.4 Å². The van der Waals surface area contributed by atoms with Gasteiger partial charge in [0.05, 0.1) is 5.60 Å². The zero-order valence-corrected chi connectivity index (χ0v) is 17.0. The van der Waals surface area contributed by atoms with Gasteiger partial charge in [0.25, 0.3) is 0 Å². The number of carbonyl (C=O) groups is 1. The van der Waals surface area contributed by atoms with E-state index in [1.54, 1.807) is 25.1 Å². The molecular weight excluding hydrogens is 390 g/mol. The summed E-state index contributed by atoms with van der Waals surface area (Å²) in [6, 6.07) is 8.91. The average Bonchev–Trinajstić information content (AvgIpc) is 2.70. The van der Waals surface area contributed by atoms with Crippen molar-refractivity contribution in [2.24, 2.45) is 5.92 Å². The van der Waals surface area contributed by atoms with E-state index in [2.05, 4.69) is 10.6 Å². The fraction of sp³-hybridized carbons (Fsp3) is 0.435. The highest BCUT2D eigenvalue weighted by molar-refractivity contribution is 5.70. The van der Waals surface area contributed by atoms with Crippen LogP contribution in [-0.4, -0.2) is 35.9 Å². The first-order chi connectivity index (χ1) is 14.3. The summed E-state index contributed by atoms with van der Waals surface area (Å²) in [4.78, 5) is 10.8. The summed E-state index contributed by atoms with van der Waals surface area (Å²) in [6.07, 6.45) is 1.15. The van der Waals surface area contributed by atoms with Crippen LogP contribution in [0.1, 0.15) is 36.8 Å². The second-order valence-corrected chi connectivity index (χ2v) is 7.98. The van der Waals surface area contributed by atoms with E-state index < -0.39 is 23.3 Å². The highest BCUT2D eigenvalue weighted by Crippen LogP contribution is 2.43. The molecule has 2 aromatic rings. The number of halogens is 2. The molecule has 0 bridgehead atoms. The van der Waals surface area contributed by atoms with Crippen molar-refractivity contribution < 1.29 is 23.8 Å². The molecule has 2 atom stereocenters. The lowest BCUT2D eigenvalue weighted by molar-refractivity contribution is -0.0417. The molecule has 0 spiro atoms. The Kier molecular flexibility index (Phi) is 7.05. The third kappa shape index (κ3) is 4.96. The van der Waals surface area contributed by atoms with Gasteiger partial charge in [-0.2, -0.15) is 0 Å². The molecule has 1 saturated heterocycles. The zero-order valence-electron chi connectivity index (χ0n) is 17.0. The van der Waals surface area contributed by atoms with Crippen molar-refractivity contribution >= 4 is 6.09 Å². The number of hydrogen-bond acceptors (Lipinski definition) is 3. The van der Waals surface area contributed by atoms with E-state index >= 15 is 4.39 Å². The monoisotopic (exact) mass is 418 g/mol. The average molecular weight is 418 g/mol. The van der Waals surface area contributed by atoms with Crippen molar-refractivity contribution in [1.29, 1.82) is 0 Å². The number of aryl methyl sites for hydroxylation is 1.